The van der Waals surface area contributed by atoms with E-state index in [2.05, 4.69) is 10.1 Å². The fourth-order valence-electron chi connectivity index (χ4n) is 3.49. The average molecular weight is 459 g/mol. The molecule has 1 aliphatic carbocycles. The van der Waals surface area contributed by atoms with Gasteiger partial charge in [-0.25, -0.2) is 13.4 Å². The fraction of sp³-hybridized carbons (Fsp3) is 0.348. The minimum Gasteiger partial charge on any atom is -0.511 e. The molecular weight excluding hydrogens is 432 g/mol. The van der Waals surface area contributed by atoms with Gasteiger partial charge < -0.3 is 14.7 Å². The molecule has 1 aromatic carbocycles. The minimum absolute atomic E-state index is 0.0101. The van der Waals surface area contributed by atoms with E-state index in [9.17, 15) is 18.3 Å². The van der Waals surface area contributed by atoms with E-state index in [-0.39, 0.29) is 40.2 Å². The van der Waals surface area contributed by atoms with Crippen molar-refractivity contribution in [1.82, 2.24) is 4.98 Å². The highest BCUT2D eigenvalue weighted by Crippen LogP contribution is 2.36. The first-order chi connectivity index (χ1) is 15.2. The Labute approximate surface area is 187 Å². The molecule has 170 valence electrons. The molecule has 9 heteroatoms. The number of pyridine rings is 1. The summed E-state index contributed by atoms with van der Waals surface area (Å²) >= 11 is 0. The molecule has 2 aromatic rings. The molecule has 0 radical (unpaired) electrons. The maximum absolute atomic E-state index is 12.8. The van der Waals surface area contributed by atoms with Gasteiger partial charge in [0, 0.05) is 31.4 Å². The number of aromatic nitrogens is 1. The lowest BCUT2D eigenvalue weighted by atomic mass is 9.81. The van der Waals surface area contributed by atoms with Crippen LogP contribution in [0.15, 0.2) is 64.0 Å². The number of ether oxygens (including phenoxy) is 1. The highest BCUT2D eigenvalue weighted by molar-refractivity contribution is 7.90. The van der Waals surface area contributed by atoms with Crippen LogP contribution in [-0.2, 0) is 19.5 Å². The molecule has 1 heterocycles. The van der Waals surface area contributed by atoms with Gasteiger partial charge in [0.05, 0.1) is 16.2 Å². The van der Waals surface area contributed by atoms with Crippen LogP contribution in [0.5, 0.6) is 11.6 Å². The van der Waals surface area contributed by atoms with Crippen LogP contribution < -0.4 is 4.74 Å². The Morgan fingerprint density at radius 2 is 2.00 bits per heavy atom. The van der Waals surface area contributed by atoms with Crippen molar-refractivity contribution in [3.63, 3.8) is 0 Å². The molecule has 1 N–H and O–H groups in total. The Hall–Kier alpha value is -3.20. The molecule has 0 spiro atoms. The van der Waals surface area contributed by atoms with Gasteiger partial charge in [0.15, 0.2) is 15.6 Å². The predicted molar refractivity (Wildman–Crippen MR) is 120 cm³/mol. The Balaban J connectivity index is 1.79. The maximum Gasteiger partial charge on any atom is 0.219 e. The van der Waals surface area contributed by atoms with E-state index in [1.54, 1.807) is 25.1 Å². The molecule has 32 heavy (non-hydrogen) atoms. The summed E-state index contributed by atoms with van der Waals surface area (Å²) in [7, 11) is -3.34. The Bertz CT molecular complexity index is 1150. The van der Waals surface area contributed by atoms with Crippen molar-refractivity contribution < 1.29 is 27.9 Å². The number of allylic oxidation sites excluding steroid dienone is 2. The van der Waals surface area contributed by atoms with Crippen LogP contribution in [0.4, 0.5) is 0 Å². The van der Waals surface area contributed by atoms with Crippen LogP contribution in [0.25, 0.3) is 0 Å². The second-order valence-electron chi connectivity index (χ2n) is 7.44. The van der Waals surface area contributed by atoms with Gasteiger partial charge in [0.2, 0.25) is 5.88 Å². The zero-order chi connectivity index (χ0) is 23.3. The van der Waals surface area contributed by atoms with E-state index < -0.39 is 9.84 Å². The van der Waals surface area contributed by atoms with Gasteiger partial charge in [-0.1, -0.05) is 24.2 Å². The summed E-state index contributed by atoms with van der Waals surface area (Å²) in [6.45, 7) is 4.04. The van der Waals surface area contributed by atoms with E-state index in [0.29, 0.717) is 30.9 Å². The van der Waals surface area contributed by atoms with Gasteiger partial charge in [-0.3, -0.25) is 4.79 Å². The number of ketones is 1. The van der Waals surface area contributed by atoms with Crippen molar-refractivity contribution in [2.45, 2.75) is 43.9 Å². The van der Waals surface area contributed by atoms with Gasteiger partial charge in [-0.05, 0) is 43.0 Å². The number of nitrogens with zero attached hydrogens (tertiary/aromatic N) is 2. The number of carbonyl (C=O) groups excluding carboxylic acids is 1. The van der Waals surface area contributed by atoms with Crippen LogP contribution in [0, 0.1) is 0 Å². The summed E-state index contributed by atoms with van der Waals surface area (Å²) in [4.78, 5) is 22.0. The van der Waals surface area contributed by atoms with Crippen molar-refractivity contribution in [2.75, 3.05) is 12.9 Å². The van der Waals surface area contributed by atoms with Crippen LogP contribution in [0.2, 0.25) is 0 Å². The quantitative estimate of drug-likeness (QED) is 0.462. The lowest BCUT2D eigenvalue weighted by Crippen LogP contribution is -2.23. The van der Waals surface area contributed by atoms with Gasteiger partial charge in [0.1, 0.15) is 18.1 Å². The molecule has 0 amide bonds. The van der Waals surface area contributed by atoms with Crippen molar-refractivity contribution in [3.05, 3.63) is 59.5 Å². The van der Waals surface area contributed by atoms with E-state index in [1.165, 1.54) is 18.3 Å². The summed E-state index contributed by atoms with van der Waals surface area (Å²) in [6, 6.07) is 10.1. The number of carbonyl (C=O) groups is 1. The number of Topliss-reactive ketones (excluding diaryl/α,β-unsaturated/α-hetero) is 1. The summed E-state index contributed by atoms with van der Waals surface area (Å²) < 4.78 is 28.9. The molecule has 0 saturated heterocycles. The number of aliphatic hydroxyl groups is 1. The standard InChI is InChI=1S/C23H26N2O6S/c1-4-19(25-30-5-2)23-20(26)12-16(13-21(23)27)15-7-6-8-17(11-15)31-22-10-9-18(14-24-22)32(3,28)29/h6-11,14,16,26H,4-5,12-13H2,1-3H3/b25-19+. The second kappa shape index (κ2) is 9.95. The lowest BCUT2D eigenvalue weighted by Gasteiger charge is -2.24. The van der Waals surface area contributed by atoms with Gasteiger partial charge >= 0.3 is 0 Å². The molecule has 3 rings (SSSR count). The van der Waals surface area contributed by atoms with Crippen molar-refractivity contribution in [3.8, 4) is 11.6 Å². The monoisotopic (exact) mass is 458 g/mol. The topological polar surface area (TPSA) is 115 Å². The Morgan fingerprint density at radius 3 is 2.59 bits per heavy atom. The van der Waals surface area contributed by atoms with Gasteiger partial charge in [0.25, 0.3) is 0 Å². The summed E-state index contributed by atoms with van der Waals surface area (Å²) in [5.41, 5.74) is 1.54. The zero-order valence-corrected chi connectivity index (χ0v) is 19.1. The summed E-state index contributed by atoms with van der Waals surface area (Å²) in [5, 5.41) is 14.6. The molecular formula is C23H26N2O6S. The predicted octanol–water partition coefficient (Wildman–Crippen LogP) is 4.34. The number of rotatable bonds is 8. The smallest absolute Gasteiger partial charge is 0.219 e. The average Bonchev–Trinajstić information content (AvgIpc) is 2.75. The molecule has 1 aromatic heterocycles. The van der Waals surface area contributed by atoms with E-state index in [4.69, 9.17) is 9.57 Å². The van der Waals surface area contributed by atoms with Crippen molar-refractivity contribution in [1.29, 1.82) is 0 Å². The third-order valence-electron chi connectivity index (χ3n) is 5.06. The fourth-order valence-corrected chi connectivity index (χ4v) is 4.05. The summed E-state index contributed by atoms with van der Waals surface area (Å²) in [5.74, 6) is 0.370. The third kappa shape index (κ3) is 5.53. The van der Waals surface area contributed by atoms with Gasteiger partial charge in [-0.15, -0.1) is 0 Å². The number of sulfone groups is 1. The first-order valence-corrected chi connectivity index (χ1v) is 12.2. The van der Waals surface area contributed by atoms with E-state index in [0.717, 1.165) is 11.8 Å². The number of hydrogen-bond donors (Lipinski definition) is 1. The lowest BCUT2D eigenvalue weighted by molar-refractivity contribution is -0.116. The molecule has 0 saturated carbocycles. The van der Waals surface area contributed by atoms with Crippen LogP contribution >= 0.6 is 0 Å². The second-order valence-corrected chi connectivity index (χ2v) is 9.45. The van der Waals surface area contributed by atoms with E-state index in [1.807, 2.05) is 13.0 Å². The molecule has 0 aliphatic heterocycles. The maximum atomic E-state index is 12.8. The number of hydrogen-bond acceptors (Lipinski definition) is 8. The number of oxime groups is 1. The Morgan fingerprint density at radius 1 is 1.22 bits per heavy atom. The first kappa shape index (κ1) is 23.5. The molecule has 8 nitrogen and oxygen atoms in total. The van der Waals surface area contributed by atoms with E-state index >= 15 is 0 Å². The molecule has 1 atom stereocenters. The third-order valence-corrected chi connectivity index (χ3v) is 6.15. The molecule has 1 unspecified atom stereocenters. The Kier molecular flexibility index (Phi) is 7.29. The van der Waals surface area contributed by atoms with Crippen molar-refractivity contribution in [2.24, 2.45) is 5.16 Å². The largest absolute Gasteiger partial charge is 0.511 e. The molecule has 0 fully saturated rings. The number of aliphatic hydroxyl groups excluding tert-OH is 1. The number of benzene rings is 1. The summed E-state index contributed by atoms with van der Waals surface area (Å²) in [6.07, 6.45) is 3.37. The van der Waals surface area contributed by atoms with Crippen molar-refractivity contribution >= 4 is 21.3 Å². The normalized spacial score (nSPS) is 17.4. The SMILES string of the molecule is CCO/N=C(\CC)C1=C(O)CC(c2cccc(Oc3ccc(S(C)(=O)=O)cn3)c2)CC1=O. The highest BCUT2D eigenvalue weighted by Gasteiger charge is 2.31. The highest BCUT2D eigenvalue weighted by atomic mass is 32.2. The minimum atomic E-state index is -3.34. The molecule has 0 bridgehead atoms. The van der Waals surface area contributed by atoms with Crippen LogP contribution in [-0.4, -0.2) is 42.9 Å². The zero-order valence-electron chi connectivity index (χ0n) is 18.2. The van der Waals surface area contributed by atoms with Crippen LogP contribution in [0.1, 0.15) is 44.6 Å². The first-order valence-electron chi connectivity index (χ1n) is 10.3. The van der Waals surface area contributed by atoms with Crippen LogP contribution in [0.3, 0.4) is 0 Å². The molecule has 1 aliphatic rings. The van der Waals surface area contributed by atoms with Gasteiger partial charge in [-0.2, -0.15) is 0 Å².